The van der Waals surface area contributed by atoms with Gasteiger partial charge in [0.15, 0.2) is 5.84 Å². The van der Waals surface area contributed by atoms with Gasteiger partial charge in [0.1, 0.15) is 11.2 Å². The average Bonchev–Trinajstić information content (AvgIpc) is 2.49. The van der Waals surface area contributed by atoms with E-state index in [0.717, 1.165) is 18.8 Å². The van der Waals surface area contributed by atoms with Crippen LogP contribution in [0, 0.1) is 6.92 Å². The number of hydrogen-bond acceptors (Lipinski definition) is 5. The highest BCUT2D eigenvalue weighted by atomic mass is 16.4. The third kappa shape index (κ3) is 3.30. The van der Waals surface area contributed by atoms with Crippen molar-refractivity contribution in [3.8, 4) is 0 Å². The molecule has 7 heteroatoms. The van der Waals surface area contributed by atoms with Gasteiger partial charge in [0.2, 0.25) is 0 Å². The van der Waals surface area contributed by atoms with Crippen molar-refractivity contribution < 1.29 is 10.0 Å². The van der Waals surface area contributed by atoms with Crippen LogP contribution in [0.25, 0.3) is 0 Å². The molecule has 0 atom stereocenters. The van der Waals surface area contributed by atoms with E-state index in [2.05, 4.69) is 20.4 Å². The zero-order chi connectivity index (χ0) is 15.5. The normalized spacial score (nSPS) is 19.2. The Hall–Kier alpha value is -2.15. The van der Waals surface area contributed by atoms with Crippen molar-refractivity contribution >= 4 is 11.7 Å². The van der Waals surface area contributed by atoms with Crippen LogP contribution in [-0.2, 0) is 0 Å². The number of nitrogens with two attached hydrogens (primary N) is 1. The number of likely N-dealkylation sites (tertiary alicyclic amines) is 1. The van der Waals surface area contributed by atoms with E-state index in [1.165, 1.54) is 0 Å². The third-order valence-electron chi connectivity index (χ3n) is 3.91. The molecule has 114 valence electrons. The first-order valence-electron chi connectivity index (χ1n) is 6.89. The molecule has 7 nitrogen and oxygen atoms in total. The molecule has 0 unspecified atom stereocenters. The number of amides is 1. The molecule has 2 rings (SSSR count). The van der Waals surface area contributed by atoms with Crippen molar-refractivity contribution in [2.75, 3.05) is 20.1 Å². The van der Waals surface area contributed by atoms with Crippen LogP contribution in [0.3, 0.4) is 0 Å². The van der Waals surface area contributed by atoms with Crippen molar-refractivity contribution in [1.82, 2.24) is 15.2 Å². The van der Waals surface area contributed by atoms with Gasteiger partial charge in [0, 0.05) is 18.8 Å². The number of aromatic nitrogens is 1. The van der Waals surface area contributed by atoms with Crippen LogP contribution in [0.4, 0.5) is 0 Å². The second-order valence-corrected chi connectivity index (χ2v) is 5.49. The van der Waals surface area contributed by atoms with E-state index >= 15 is 0 Å². The van der Waals surface area contributed by atoms with Crippen molar-refractivity contribution in [2.24, 2.45) is 10.9 Å². The Morgan fingerprint density at radius 1 is 1.48 bits per heavy atom. The highest BCUT2D eigenvalue weighted by molar-refractivity contribution is 5.99. The van der Waals surface area contributed by atoms with Crippen molar-refractivity contribution in [3.63, 3.8) is 0 Å². The number of carbonyl (C=O) groups is 1. The van der Waals surface area contributed by atoms with Crippen LogP contribution in [-0.4, -0.2) is 52.5 Å². The second kappa shape index (κ2) is 6.09. The first kappa shape index (κ1) is 15.2. The molecular weight excluding hydrogens is 270 g/mol. The molecule has 1 aromatic heterocycles. The van der Waals surface area contributed by atoms with Crippen LogP contribution in [0.2, 0.25) is 0 Å². The summed E-state index contributed by atoms with van der Waals surface area (Å²) in [6, 6.07) is 5.25. The number of hydrogen-bond donors (Lipinski definition) is 3. The van der Waals surface area contributed by atoms with Crippen molar-refractivity contribution in [2.45, 2.75) is 25.3 Å². The Morgan fingerprint density at radius 3 is 2.71 bits per heavy atom. The van der Waals surface area contributed by atoms with Gasteiger partial charge in [-0.1, -0.05) is 11.2 Å². The predicted octanol–water partition coefficient (Wildman–Crippen LogP) is 0.331. The SMILES string of the molecule is Cc1cccc(C(=O)NC2(/C(N)=N/O)CCN(C)CC2)n1. The number of amidine groups is 1. The fourth-order valence-corrected chi connectivity index (χ4v) is 2.49. The number of nitrogens with one attached hydrogen (secondary N) is 1. The minimum atomic E-state index is -0.816. The number of rotatable bonds is 3. The van der Waals surface area contributed by atoms with E-state index in [4.69, 9.17) is 10.9 Å². The fraction of sp³-hybridized carbons (Fsp3) is 0.500. The number of oxime groups is 1. The van der Waals surface area contributed by atoms with Crippen LogP contribution < -0.4 is 11.1 Å². The first-order chi connectivity index (χ1) is 9.97. The quantitative estimate of drug-likeness (QED) is 0.322. The predicted molar refractivity (Wildman–Crippen MR) is 79.3 cm³/mol. The van der Waals surface area contributed by atoms with Gasteiger partial charge in [-0.3, -0.25) is 4.79 Å². The Morgan fingerprint density at radius 2 is 2.14 bits per heavy atom. The van der Waals surface area contributed by atoms with E-state index in [9.17, 15) is 4.79 Å². The lowest BCUT2D eigenvalue weighted by atomic mass is 9.86. The number of aryl methyl sites for hydroxylation is 1. The summed E-state index contributed by atoms with van der Waals surface area (Å²) in [5, 5.41) is 15.0. The van der Waals surface area contributed by atoms with Crippen LogP contribution in [0.1, 0.15) is 29.0 Å². The zero-order valence-electron chi connectivity index (χ0n) is 12.3. The molecule has 0 aromatic carbocycles. The van der Waals surface area contributed by atoms with E-state index in [1.54, 1.807) is 12.1 Å². The van der Waals surface area contributed by atoms with Crippen molar-refractivity contribution in [1.29, 1.82) is 0 Å². The maximum absolute atomic E-state index is 12.4. The lowest BCUT2D eigenvalue weighted by Gasteiger charge is -2.40. The number of nitrogens with zero attached hydrogens (tertiary/aromatic N) is 3. The van der Waals surface area contributed by atoms with Gasteiger partial charge in [-0.2, -0.15) is 0 Å². The molecule has 1 aromatic rings. The molecule has 0 saturated carbocycles. The third-order valence-corrected chi connectivity index (χ3v) is 3.91. The summed E-state index contributed by atoms with van der Waals surface area (Å²) in [4.78, 5) is 18.7. The molecule has 4 N–H and O–H groups in total. The van der Waals surface area contributed by atoms with Gasteiger partial charge in [0.05, 0.1) is 0 Å². The van der Waals surface area contributed by atoms with Gasteiger partial charge in [-0.25, -0.2) is 4.98 Å². The van der Waals surface area contributed by atoms with Gasteiger partial charge >= 0.3 is 0 Å². The highest BCUT2D eigenvalue weighted by Gasteiger charge is 2.39. The van der Waals surface area contributed by atoms with Crippen LogP contribution >= 0.6 is 0 Å². The van der Waals surface area contributed by atoms with Gasteiger partial charge in [-0.15, -0.1) is 0 Å². The summed E-state index contributed by atoms with van der Waals surface area (Å²) in [7, 11) is 2.00. The maximum atomic E-state index is 12.4. The molecule has 0 aliphatic carbocycles. The molecular formula is C14H21N5O2. The highest BCUT2D eigenvalue weighted by Crippen LogP contribution is 2.22. The Balaban J connectivity index is 2.21. The van der Waals surface area contributed by atoms with Crippen molar-refractivity contribution in [3.05, 3.63) is 29.6 Å². The Kier molecular flexibility index (Phi) is 4.42. The lowest BCUT2D eigenvalue weighted by Crippen LogP contribution is -2.62. The molecule has 1 aliphatic heterocycles. The monoisotopic (exact) mass is 291 g/mol. The van der Waals surface area contributed by atoms with Crippen LogP contribution in [0.5, 0.6) is 0 Å². The molecule has 0 radical (unpaired) electrons. The molecule has 2 heterocycles. The lowest BCUT2D eigenvalue weighted by molar-refractivity contribution is 0.0881. The second-order valence-electron chi connectivity index (χ2n) is 5.49. The van der Waals surface area contributed by atoms with E-state index in [0.29, 0.717) is 18.5 Å². The maximum Gasteiger partial charge on any atom is 0.270 e. The molecule has 1 amide bonds. The fourth-order valence-electron chi connectivity index (χ4n) is 2.49. The summed E-state index contributed by atoms with van der Waals surface area (Å²) in [5.74, 6) is -0.272. The topological polar surface area (TPSA) is 104 Å². The zero-order valence-corrected chi connectivity index (χ0v) is 12.3. The molecule has 0 spiro atoms. The Labute approximate surface area is 123 Å². The Bertz CT molecular complexity index is 550. The van der Waals surface area contributed by atoms with E-state index in [1.807, 2.05) is 20.0 Å². The molecule has 1 aliphatic rings. The van der Waals surface area contributed by atoms with E-state index < -0.39 is 5.54 Å². The van der Waals surface area contributed by atoms with Gasteiger partial charge in [-0.05, 0) is 38.9 Å². The number of carbonyl (C=O) groups excluding carboxylic acids is 1. The number of pyridine rings is 1. The minimum absolute atomic E-state index is 0.0385. The standard InChI is InChI=1S/C14H21N5O2/c1-10-4-3-5-11(16-10)12(20)17-14(13(15)18-21)6-8-19(2)9-7-14/h3-5,21H,6-9H2,1-2H3,(H2,15,18)(H,17,20). The number of piperidine rings is 1. The first-order valence-corrected chi connectivity index (χ1v) is 6.89. The molecule has 0 bridgehead atoms. The molecule has 1 fully saturated rings. The van der Waals surface area contributed by atoms with Gasteiger partial charge in [0.25, 0.3) is 5.91 Å². The minimum Gasteiger partial charge on any atom is -0.409 e. The summed E-state index contributed by atoms with van der Waals surface area (Å²) in [6.07, 6.45) is 1.19. The van der Waals surface area contributed by atoms with Gasteiger partial charge < -0.3 is 21.2 Å². The largest absolute Gasteiger partial charge is 0.409 e. The smallest absolute Gasteiger partial charge is 0.270 e. The van der Waals surface area contributed by atoms with E-state index in [-0.39, 0.29) is 11.7 Å². The summed E-state index contributed by atoms with van der Waals surface area (Å²) in [6.45, 7) is 3.35. The molecule has 1 saturated heterocycles. The van der Waals surface area contributed by atoms with Crippen LogP contribution in [0.15, 0.2) is 23.4 Å². The summed E-state index contributed by atoms with van der Waals surface area (Å²) >= 11 is 0. The summed E-state index contributed by atoms with van der Waals surface area (Å²) < 4.78 is 0. The summed E-state index contributed by atoms with van der Waals surface area (Å²) in [5.41, 5.74) is 6.11. The average molecular weight is 291 g/mol. The molecule has 21 heavy (non-hydrogen) atoms.